The van der Waals surface area contributed by atoms with Crippen molar-refractivity contribution >= 4 is 12.0 Å². The van der Waals surface area contributed by atoms with Crippen molar-refractivity contribution in [1.82, 2.24) is 0 Å². The van der Waals surface area contributed by atoms with Crippen molar-refractivity contribution in [3.8, 4) is 0 Å². The summed E-state index contributed by atoms with van der Waals surface area (Å²) in [5.41, 5.74) is 1.91. The van der Waals surface area contributed by atoms with Crippen molar-refractivity contribution in [2.45, 2.75) is 32.6 Å². The first-order valence-corrected chi connectivity index (χ1v) is 6.64. The molecule has 1 aromatic carbocycles. The van der Waals surface area contributed by atoms with Gasteiger partial charge in [0.25, 0.3) is 0 Å². The molecule has 0 bridgehead atoms. The van der Waals surface area contributed by atoms with Crippen molar-refractivity contribution in [3.05, 3.63) is 29.8 Å². The van der Waals surface area contributed by atoms with Crippen molar-refractivity contribution < 1.29 is 4.79 Å². The molecule has 1 aliphatic rings. The molecule has 1 aromatic rings. The third-order valence-electron chi connectivity index (χ3n) is 3.74. The van der Waals surface area contributed by atoms with Crippen molar-refractivity contribution in [2.24, 2.45) is 5.92 Å². The van der Waals surface area contributed by atoms with Gasteiger partial charge in [-0.15, -0.1) is 0 Å². The van der Waals surface area contributed by atoms with Gasteiger partial charge in [-0.3, -0.25) is 4.79 Å². The molecule has 0 heterocycles. The van der Waals surface area contributed by atoms with Crippen LogP contribution in [0.15, 0.2) is 24.3 Å². The van der Waals surface area contributed by atoms with E-state index < -0.39 is 0 Å². The molecule has 1 aliphatic carbocycles. The maximum Gasteiger partial charge on any atom is 0.152 e. The summed E-state index contributed by atoms with van der Waals surface area (Å²) in [4.78, 5) is 13.4. The molecule has 0 saturated heterocycles. The van der Waals surface area contributed by atoms with Crippen LogP contribution in [0, 0.1) is 5.92 Å². The average Bonchev–Trinajstić information content (AvgIpc) is 2.89. The van der Waals surface area contributed by atoms with E-state index in [2.05, 4.69) is 17.9 Å². The van der Waals surface area contributed by atoms with E-state index >= 15 is 0 Å². The van der Waals surface area contributed by atoms with Crippen LogP contribution in [0.2, 0.25) is 0 Å². The Bertz CT molecular complexity index is 369. The van der Waals surface area contributed by atoms with Crippen molar-refractivity contribution in [3.63, 3.8) is 0 Å². The monoisotopic (exact) mass is 231 g/mol. The average molecular weight is 231 g/mol. The summed E-state index contributed by atoms with van der Waals surface area (Å²) in [7, 11) is 0. The Morgan fingerprint density at radius 3 is 2.65 bits per heavy atom. The summed E-state index contributed by atoms with van der Waals surface area (Å²) in [5.74, 6) is 0.814. The van der Waals surface area contributed by atoms with Gasteiger partial charge in [-0.05, 0) is 37.8 Å². The largest absolute Gasteiger partial charge is 0.371 e. The van der Waals surface area contributed by atoms with Gasteiger partial charge in [0.15, 0.2) is 6.29 Å². The fourth-order valence-electron chi connectivity index (χ4n) is 2.78. The van der Waals surface area contributed by atoms with Crippen molar-refractivity contribution in [2.75, 3.05) is 18.0 Å². The Balaban J connectivity index is 2.13. The lowest BCUT2D eigenvalue weighted by molar-refractivity contribution is 0.112. The zero-order chi connectivity index (χ0) is 12.1. The van der Waals surface area contributed by atoms with Crippen LogP contribution in [0.4, 0.5) is 5.69 Å². The van der Waals surface area contributed by atoms with E-state index in [0.717, 1.165) is 36.5 Å². The van der Waals surface area contributed by atoms with Crippen LogP contribution < -0.4 is 4.90 Å². The Hall–Kier alpha value is -1.31. The minimum absolute atomic E-state index is 0.812. The van der Waals surface area contributed by atoms with E-state index in [1.54, 1.807) is 0 Å². The highest BCUT2D eigenvalue weighted by atomic mass is 16.1. The highest BCUT2D eigenvalue weighted by molar-refractivity contribution is 5.84. The Morgan fingerprint density at radius 2 is 2.00 bits per heavy atom. The molecule has 0 spiro atoms. The standard InChI is InChI=1S/C15H21NO/c1-2-16(11-13-7-3-4-8-13)15-10-6-5-9-14(15)12-17/h5-6,9-10,12-13H,2-4,7-8,11H2,1H3. The number of hydrogen-bond donors (Lipinski definition) is 0. The number of anilines is 1. The molecule has 1 fully saturated rings. The highest BCUT2D eigenvalue weighted by Gasteiger charge is 2.19. The first-order chi connectivity index (χ1) is 8.35. The molecule has 0 unspecified atom stereocenters. The van der Waals surface area contributed by atoms with Crippen LogP contribution in [-0.4, -0.2) is 19.4 Å². The SMILES string of the molecule is CCN(CC1CCCC1)c1ccccc1C=O. The highest BCUT2D eigenvalue weighted by Crippen LogP contribution is 2.28. The minimum Gasteiger partial charge on any atom is -0.371 e. The van der Waals surface area contributed by atoms with Gasteiger partial charge >= 0.3 is 0 Å². The zero-order valence-corrected chi connectivity index (χ0v) is 10.6. The Morgan fingerprint density at radius 1 is 1.29 bits per heavy atom. The molecule has 1 saturated carbocycles. The summed E-state index contributed by atoms with van der Waals surface area (Å²) < 4.78 is 0. The van der Waals surface area contributed by atoms with E-state index in [4.69, 9.17) is 0 Å². The van der Waals surface area contributed by atoms with Crippen LogP contribution in [0.1, 0.15) is 43.0 Å². The van der Waals surface area contributed by atoms with Crippen LogP contribution in [0.5, 0.6) is 0 Å². The normalized spacial score (nSPS) is 16.1. The second kappa shape index (κ2) is 5.85. The predicted octanol–water partition coefficient (Wildman–Crippen LogP) is 3.52. The molecule has 17 heavy (non-hydrogen) atoms. The quantitative estimate of drug-likeness (QED) is 0.723. The van der Waals surface area contributed by atoms with Gasteiger partial charge in [0.1, 0.15) is 0 Å². The molecule has 0 aliphatic heterocycles. The molecule has 2 rings (SSSR count). The molecule has 92 valence electrons. The lowest BCUT2D eigenvalue weighted by Crippen LogP contribution is -2.29. The lowest BCUT2D eigenvalue weighted by atomic mass is 10.1. The van der Waals surface area contributed by atoms with Crippen LogP contribution in [0.25, 0.3) is 0 Å². The van der Waals surface area contributed by atoms with Crippen molar-refractivity contribution in [1.29, 1.82) is 0 Å². The van der Waals surface area contributed by atoms with Crippen LogP contribution in [0.3, 0.4) is 0 Å². The smallest absolute Gasteiger partial charge is 0.152 e. The third kappa shape index (κ3) is 2.87. The van der Waals surface area contributed by atoms with Gasteiger partial charge in [0, 0.05) is 24.3 Å². The number of rotatable bonds is 5. The van der Waals surface area contributed by atoms with Gasteiger partial charge in [-0.25, -0.2) is 0 Å². The van der Waals surface area contributed by atoms with Crippen LogP contribution >= 0.6 is 0 Å². The minimum atomic E-state index is 0.812. The molecule has 0 radical (unpaired) electrons. The number of carbonyl (C=O) groups excluding carboxylic acids is 1. The fourth-order valence-corrected chi connectivity index (χ4v) is 2.78. The maximum absolute atomic E-state index is 11.1. The van der Waals surface area contributed by atoms with Gasteiger partial charge < -0.3 is 4.90 Å². The van der Waals surface area contributed by atoms with E-state index in [0.29, 0.717) is 0 Å². The number of carbonyl (C=O) groups is 1. The summed E-state index contributed by atoms with van der Waals surface area (Å²) >= 11 is 0. The number of para-hydroxylation sites is 1. The molecule has 2 heteroatoms. The van der Waals surface area contributed by atoms with E-state index in [1.165, 1.54) is 25.7 Å². The number of aldehydes is 1. The molecule has 0 aromatic heterocycles. The summed E-state index contributed by atoms with van der Waals surface area (Å²) in [6.07, 6.45) is 6.40. The first kappa shape index (κ1) is 12.2. The van der Waals surface area contributed by atoms with Gasteiger partial charge in [0.05, 0.1) is 0 Å². The lowest BCUT2D eigenvalue weighted by Gasteiger charge is -2.27. The second-order valence-electron chi connectivity index (χ2n) is 4.87. The first-order valence-electron chi connectivity index (χ1n) is 6.64. The van der Waals surface area contributed by atoms with E-state index in [-0.39, 0.29) is 0 Å². The fraction of sp³-hybridized carbons (Fsp3) is 0.533. The summed E-state index contributed by atoms with van der Waals surface area (Å²) in [5, 5.41) is 0. The molecule has 2 nitrogen and oxygen atoms in total. The second-order valence-corrected chi connectivity index (χ2v) is 4.87. The van der Waals surface area contributed by atoms with Gasteiger partial charge in [0.2, 0.25) is 0 Å². The number of benzene rings is 1. The zero-order valence-electron chi connectivity index (χ0n) is 10.6. The molecular formula is C15H21NO. The Kier molecular flexibility index (Phi) is 4.18. The molecule has 0 atom stereocenters. The van der Waals surface area contributed by atoms with E-state index in [1.807, 2.05) is 18.2 Å². The van der Waals surface area contributed by atoms with Gasteiger partial charge in [-0.1, -0.05) is 25.0 Å². The predicted molar refractivity (Wildman–Crippen MR) is 71.7 cm³/mol. The van der Waals surface area contributed by atoms with E-state index in [9.17, 15) is 4.79 Å². The van der Waals surface area contributed by atoms with Crippen LogP contribution in [-0.2, 0) is 0 Å². The summed E-state index contributed by atoms with van der Waals surface area (Å²) in [6, 6.07) is 7.90. The maximum atomic E-state index is 11.1. The number of nitrogens with zero attached hydrogens (tertiary/aromatic N) is 1. The topological polar surface area (TPSA) is 20.3 Å². The van der Waals surface area contributed by atoms with Gasteiger partial charge in [-0.2, -0.15) is 0 Å². The Labute approximate surface area is 104 Å². The molecule has 0 amide bonds. The molecule has 0 N–H and O–H groups in total. The molecular weight excluding hydrogens is 210 g/mol. The number of hydrogen-bond acceptors (Lipinski definition) is 2. The third-order valence-corrected chi connectivity index (χ3v) is 3.74. The summed E-state index contributed by atoms with van der Waals surface area (Å²) in [6.45, 7) is 4.24.